The smallest absolute Gasteiger partial charge is 0.134 e. The van der Waals surface area contributed by atoms with Gasteiger partial charge in [0.05, 0.1) is 34.4 Å². The fraction of sp³-hybridized carbons (Fsp3) is 0. The predicted molar refractivity (Wildman–Crippen MR) is 182 cm³/mol. The molecule has 0 N–H and O–H groups in total. The van der Waals surface area contributed by atoms with Crippen molar-refractivity contribution in [2.45, 2.75) is 0 Å². The Labute approximate surface area is 288 Å². The Morgan fingerprint density at radius 3 is 1.34 bits per heavy atom. The van der Waals surface area contributed by atoms with Gasteiger partial charge in [-0.3, -0.25) is 9.97 Å². The molecule has 44 heavy (non-hydrogen) atoms. The molecule has 0 spiro atoms. The molecule has 0 fully saturated rings. The predicted octanol–water partition coefficient (Wildman–Crippen LogP) is 11.9. The molecule has 2 aromatic carbocycles. The summed E-state index contributed by atoms with van der Waals surface area (Å²) in [4.78, 5) is 18.6. The van der Waals surface area contributed by atoms with Crippen LogP contribution in [0, 0.1) is 5.92 Å². The van der Waals surface area contributed by atoms with Crippen molar-refractivity contribution in [3.8, 4) is 34.0 Å². The van der Waals surface area contributed by atoms with Crippen LogP contribution in [-0.2, 0) is 0 Å². The maximum absolute atomic E-state index is 6.96. The molecule has 217 valence electrons. The second kappa shape index (κ2) is 13.2. The van der Waals surface area contributed by atoms with E-state index in [0.717, 1.165) is 5.56 Å². The second-order valence-electron chi connectivity index (χ2n) is 9.45. The van der Waals surface area contributed by atoms with Crippen LogP contribution in [0.1, 0.15) is 16.7 Å². The maximum atomic E-state index is 6.96. The molecule has 11 heteroatoms. The number of aromatic nitrogens is 4. The second-order valence-corrected chi connectivity index (χ2v) is 12.3. The Bertz CT molecular complexity index is 1840. The van der Waals surface area contributed by atoms with Gasteiger partial charge in [-0.1, -0.05) is 99.4 Å². The lowest BCUT2D eigenvalue weighted by Crippen LogP contribution is -2.10. The Kier molecular flexibility index (Phi) is 9.32. The van der Waals surface area contributed by atoms with Gasteiger partial charge in [0, 0.05) is 64.8 Å². The van der Waals surface area contributed by atoms with Crippen molar-refractivity contribution in [3.05, 3.63) is 155 Å². The first-order chi connectivity index (χ1) is 21.2. The van der Waals surface area contributed by atoms with Crippen molar-refractivity contribution in [3.63, 3.8) is 0 Å². The van der Waals surface area contributed by atoms with Crippen molar-refractivity contribution in [2.24, 2.45) is 0 Å². The van der Waals surface area contributed by atoms with Crippen molar-refractivity contribution >= 4 is 81.2 Å². The van der Waals surface area contributed by atoms with Crippen LogP contribution in [0.4, 0.5) is 0 Å². The van der Waals surface area contributed by atoms with Crippen molar-refractivity contribution in [1.82, 2.24) is 19.9 Å². The highest BCUT2D eigenvalue weighted by molar-refractivity contribution is 6.42. The summed E-state index contributed by atoms with van der Waals surface area (Å²) >= 11 is 46.3. The quantitative estimate of drug-likeness (QED) is 0.161. The standard InChI is InChI=1S/C33H16Cl7N4/c34-18-13-21(36)31(22(37)14-18)30(32-23(38)15-19(35)16-24(32)39)20-7-8-25(44-33(20)40)17-11-28(26-5-1-3-9-41-26)43-29(12-17)27-6-2-4-10-42-27/h1-16H. The zero-order valence-corrected chi connectivity index (χ0v) is 27.5. The highest BCUT2D eigenvalue weighted by Gasteiger charge is 2.30. The molecule has 6 rings (SSSR count). The molecule has 0 aliphatic heterocycles. The van der Waals surface area contributed by atoms with Gasteiger partial charge < -0.3 is 0 Å². The molecule has 0 aliphatic carbocycles. The van der Waals surface area contributed by atoms with Gasteiger partial charge in [-0.25, -0.2) is 9.97 Å². The highest BCUT2D eigenvalue weighted by atomic mass is 35.5. The molecule has 0 atom stereocenters. The Morgan fingerprint density at radius 1 is 0.455 bits per heavy atom. The summed E-state index contributed by atoms with van der Waals surface area (Å²) in [6.07, 6.45) is 3.43. The fourth-order valence-corrected chi connectivity index (χ4v) is 6.97. The van der Waals surface area contributed by atoms with Crippen molar-refractivity contribution in [1.29, 1.82) is 0 Å². The summed E-state index contributed by atoms with van der Waals surface area (Å²) in [7, 11) is 0. The highest BCUT2D eigenvalue weighted by Crippen LogP contribution is 2.47. The lowest BCUT2D eigenvalue weighted by Gasteiger charge is -2.24. The fourth-order valence-electron chi connectivity index (χ4n) is 4.71. The summed E-state index contributed by atoms with van der Waals surface area (Å²) < 4.78 is 0. The average molecular weight is 717 g/mol. The minimum absolute atomic E-state index is 0.150. The van der Waals surface area contributed by atoms with E-state index in [-0.39, 0.29) is 25.2 Å². The number of rotatable bonds is 6. The molecular formula is C33H16Cl7N4. The lowest BCUT2D eigenvalue weighted by atomic mass is 9.85. The molecular weight excluding hydrogens is 701 g/mol. The van der Waals surface area contributed by atoms with E-state index < -0.39 is 0 Å². The number of pyridine rings is 4. The van der Waals surface area contributed by atoms with E-state index >= 15 is 0 Å². The Hall–Kier alpha value is -2.93. The molecule has 0 bridgehead atoms. The largest absolute Gasteiger partial charge is 0.255 e. The van der Waals surface area contributed by atoms with Gasteiger partial charge in [0.2, 0.25) is 0 Å². The van der Waals surface area contributed by atoms with Crippen LogP contribution in [0.25, 0.3) is 34.0 Å². The van der Waals surface area contributed by atoms with Crippen LogP contribution >= 0.6 is 81.2 Å². The molecule has 0 saturated heterocycles. The monoisotopic (exact) mass is 713 g/mol. The number of halogens is 7. The van der Waals surface area contributed by atoms with Crippen molar-refractivity contribution in [2.75, 3.05) is 0 Å². The van der Waals surface area contributed by atoms with E-state index in [9.17, 15) is 0 Å². The number of benzene rings is 2. The molecule has 0 amide bonds. The van der Waals surface area contributed by atoms with E-state index in [1.165, 1.54) is 0 Å². The van der Waals surface area contributed by atoms with Gasteiger partial charge in [-0.05, 0) is 66.7 Å². The zero-order chi connectivity index (χ0) is 31.0. The minimum Gasteiger partial charge on any atom is -0.255 e. The van der Waals surface area contributed by atoms with Gasteiger partial charge in [0.1, 0.15) is 5.15 Å². The summed E-state index contributed by atoms with van der Waals surface area (Å²) in [5, 5.41) is 1.96. The molecule has 4 nitrogen and oxygen atoms in total. The Morgan fingerprint density at radius 2 is 0.932 bits per heavy atom. The number of hydrogen-bond donors (Lipinski definition) is 0. The van der Waals surface area contributed by atoms with Gasteiger partial charge in [0.15, 0.2) is 0 Å². The number of hydrogen-bond acceptors (Lipinski definition) is 4. The first-order valence-corrected chi connectivity index (χ1v) is 15.5. The topological polar surface area (TPSA) is 51.6 Å². The van der Waals surface area contributed by atoms with Gasteiger partial charge in [0.25, 0.3) is 0 Å². The molecule has 4 aromatic heterocycles. The van der Waals surface area contributed by atoms with E-state index in [2.05, 4.69) is 9.97 Å². The average Bonchev–Trinajstić information content (AvgIpc) is 3.00. The number of nitrogens with zero attached hydrogens (tertiary/aromatic N) is 4. The SMILES string of the molecule is Clc1cc(Cl)c([C](c2ccc(-c3cc(-c4ccccn4)nc(-c4ccccn4)c3)nc2Cl)c2c(Cl)cc(Cl)cc2Cl)c(Cl)c1. The summed E-state index contributed by atoms with van der Waals surface area (Å²) in [6.45, 7) is 0. The van der Waals surface area contributed by atoms with Gasteiger partial charge in [-0.2, -0.15) is 0 Å². The van der Waals surface area contributed by atoms with Crippen LogP contribution in [0.15, 0.2) is 97.3 Å². The summed E-state index contributed by atoms with van der Waals surface area (Å²) in [5.41, 5.74) is 5.37. The molecule has 0 unspecified atom stereocenters. The van der Waals surface area contributed by atoms with Gasteiger partial charge in [-0.15, -0.1) is 0 Å². The molecule has 0 saturated carbocycles. The third-order valence-corrected chi connectivity index (χ3v) is 8.52. The minimum atomic E-state index is 0.150. The van der Waals surface area contributed by atoms with Crippen molar-refractivity contribution < 1.29 is 0 Å². The van der Waals surface area contributed by atoms with Gasteiger partial charge >= 0.3 is 0 Å². The normalized spacial score (nSPS) is 11.3. The van der Waals surface area contributed by atoms with E-state index in [4.69, 9.17) is 91.2 Å². The molecule has 1 radical (unpaired) electrons. The van der Waals surface area contributed by atoms with Crippen LogP contribution in [0.2, 0.25) is 35.3 Å². The first kappa shape index (κ1) is 31.1. The third-order valence-electron chi connectivity index (χ3n) is 6.61. The lowest BCUT2D eigenvalue weighted by molar-refractivity contribution is 1.18. The van der Waals surface area contributed by atoms with Crippen LogP contribution in [-0.4, -0.2) is 19.9 Å². The maximum Gasteiger partial charge on any atom is 0.134 e. The molecule has 4 heterocycles. The zero-order valence-electron chi connectivity index (χ0n) is 22.2. The third kappa shape index (κ3) is 6.40. The summed E-state index contributed by atoms with van der Waals surface area (Å²) in [6, 6.07) is 25.0. The molecule has 0 aliphatic rings. The first-order valence-electron chi connectivity index (χ1n) is 12.9. The summed E-state index contributed by atoms with van der Waals surface area (Å²) in [5.74, 6) is 0.463. The van der Waals surface area contributed by atoms with E-state index in [1.807, 2.05) is 60.7 Å². The Balaban J connectivity index is 1.54. The van der Waals surface area contributed by atoms with Crippen LogP contribution in [0.3, 0.4) is 0 Å². The van der Waals surface area contributed by atoms with Crippen LogP contribution < -0.4 is 0 Å². The van der Waals surface area contributed by atoms with Crippen LogP contribution in [0.5, 0.6) is 0 Å². The molecule has 6 aromatic rings. The van der Waals surface area contributed by atoms with E-state index in [1.54, 1.807) is 36.7 Å². The van der Waals surface area contributed by atoms with E-state index in [0.29, 0.717) is 61.1 Å².